The number of nitrogens with one attached hydrogen (secondary N) is 2. The van der Waals surface area contributed by atoms with E-state index in [0.717, 1.165) is 13.1 Å². The summed E-state index contributed by atoms with van der Waals surface area (Å²) in [5.74, 6) is 2.36. The number of amides is 1. The molecule has 0 radical (unpaired) electrons. The van der Waals surface area contributed by atoms with E-state index in [1.54, 1.807) is 6.92 Å². The molecule has 1 aliphatic rings. The Balaban J connectivity index is 1.64. The van der Waals surface area contributed by atoms with Crippen LogP contribution in [0.25, 0.3) is 0 Å². The summed E-state index contributed by atoms with van der Waals surface area (Å²) in [6.45, 7) is 6.65. The highest BCUT2D eigenvalue weighted by Gasteiger charge is 2.21. The van der Waals surface area contributed by atoms with Crippen LogP contribution in [-0.4, -0.2) is 35.7 Å². The fourth-order valence-electron chi connectivity index (χ4n) is 2.65. The van der Waals surface area contributed by atoms with Crippen molar-refractivity contribution < 1.29 is 9.32 Å². The highest BCUT2D eigenvalue weighted by Crippen LogP contribution is 2.22. The molecule has 2 unspecified atom stereocenters. The van der Waals surface area contributed by atoms with E-state index in [2.05, 4.69) is 27.7 Å². The highest BCUT2D eigenvalue weighted by atomic mass is 16.5. The number of aromatic nitrogens is 2. The zero-order valence-corrected chi connectivity index (χ0v) is 12.3. The first-order valence-corrected chi connectivity index (χ1v) is 7.41. The van der Waals surface area contributed by atoms with Crippen molar-refractivity contribution in [3.63, 3.8) is 0 Å². The lowest BCUT2D eigenvalue weighted by Crippen LogP contribution is -2.36. The monoisotopic (exact) mass is 280 g/mol. The molecule has 1 fully saturated rings. The molecule has 112 valence electrons. The zero-order valence-electron chi connectivity index (χ0n) is 12.3. The van der Waals surface area contributed by atoms with E-state index in [1.165, 1.54) is 12.8 Å². The lowest BCUT2D eigenvalue weighted by molar-refractivity contribution is -0.122. The van der Waals surface area contributed by atoms with Crippen molar-refractivity contribution in [3.05, 3.63) is 11.7 Å². The first-order chi connectivity index (χ1) is 9.65. The first-order valence-electron chi connectivity index (χ1n) is 7.41. The Morgan fingerprint density at radius 1 is 1.60 bits per heavy atom. The summed E-state index contributed by atoms with van der Waals surface area (Å²) < 4.78 is 5.00. The van der Waals surface area contributed by atoms with Crippen LogP contribution in [0, 0.1) is 18.8 Å². The van der Waals surface area contributed by atoms with Crippen LogP contribution in [-0.2, 0) is 11.2 Å². The SMILES string of the molecule is Cc1noc(CCNC(=O)CC(C)C2CCCNC2)n1. The van der Waals surface area contributed by atoms with E-state index in [-0.39, 0.29) is 5.91 Å². The molecule has 1 aromatic rings. The molecule has 2 N–H and O–H groups in total. The maximum absolute atomic E-state index is 11.9. The summed E-state index contributed by atoms with van der Waals surface area (Å²) in [6, 6.07) is 0. The number of hydrogen-bond donors (Lipinski definition) is 2. The van der Waals surface area contributed by atoms with E-state index in [4.69, 9.17) is 4.52 Å². The molecule has 6 heteroatoms. The van der Waals surface area contributed by atoms with Crippen molar-refractivity contribution in [2.45, 2.75) is 39.5 Å². The van der Waals surface area contributed by atoms with Crippen LogP contribution in [0.4, 0.5) is 0 Å². The normalized spacial score (nSPS) is 20.6. The van der Waals surface area contributed by atoms with Gasteiger partial charge >= 0.3 is 0 Å². The molecule has 1 saturated heterocycles. The van der Waals surface area contributed by atoms with Crippen LogP contribution < -0.4 is 10.6 Å². The van der Waals surface area contributed by atoms with E-state index in [0.29, 0.717) is 42.9 Å². The molecular weight excluding hydrogens is 256 g/mol. The predicted molar refractivity (Wildman–Crippen MR) is 75.1 cm³/mol. The molecule has 2 rings (SSSR count). The summed E-state index contributed by atoms with van der Waals surface area (Å²) in [5, 5.41) is 10.0. The number of carbonyl (C=O) groups excluding carboxylic acids is 1. The van der Waals surface area contributed by atoms with Gasteiger partial charge in [-0.25, -0.2) is 0 Å². The van der Waals surface area contributed by atoms with E-state index < -0.39 is 0 Å². The summed E-state index contributed by atoms with van der Waals surface area (Å²) in [5.41, 5.74) is 0. The van der Waals surface area contributed by atoms with Crippen LogP contribution >= 0.6 is 0 Å². The van der Waals surface area contributed by atoms with Gasteiger partial charge in [0.05, 0.1) is 0 Å². The van der Waals surface area contributed by atoms with Crippen LogP contribution in [0.1, 0.15) is 37.9 Å². The van der Waals surface area contributed by atoms with Gasteiger partial charge in [-0.3, -0.25) is 4.79 Å². The van der Waals surface area contributed by atoms with Gasteiger partial charge < -0.3 is 15.2 Å². The first kappa shape index (κ1) is 15.0. The van der Waals surface area contributed by atoms with Gasteiger partial charge in [0, 0.05) is 19.4 Å². The van der Waals surface area contributed by atoms with Gasteiger partial charge in [-0.2, -0.15) is 4.98 Å². The smallest absolute Gasteiger partial charge is 0.228 e. The topological polar surface area (TPSA) is 80.0 Å². The minimum absolute atomic E-state index is 0.110. The Labute approximate surface area is 119 Å². The molecule has 2 heterocycles. The van der Waals surface area contributed by atoms with Crippen molar-refractivity contribution in [1.82, 2.24) is 20.8 Å². The second kappa shape index (κ2) is 7.38. The lowest BCUT2D eigenvalue weighted by Gasteiger charge is -2.27. The number of hydrogen-bond acceptors (Lipinski definition) is 5. The number of aryl methyl sites for hydroxylation is 1. The molecule has 0 saturated carbocycles. The van der Waals surface area contributed by atoms with Gasteiger partial charge in [-0.15, -0.1) is 0 Å². The number of carbonyl (C=O) groups is 1. The fraction of sp³-hybridized carbons (Fsp3) is 0.786. The molecule has 0 aromatic carbocycles. The largest absolute Gasteiger partial charge is 0.356 e. The average molecular weight is 280 g/mol. The van der Waals surface area contributed by atoms with Crippen molar-refractivity contribution >= 4 is 5.91 Å². The number of piperidine rings is 1. The minimum Gasteiger partial charge on any atom is -0.356 e. The second-order valence-electron chi connectivity index (χ2n) is 5.62. The number of rotatable bonds is 6. The van der Waals surface area contributed by atoms with Gasteiger partial charge in [-0.05, 0) is 44.7 Å². The molecule has 6 nitrogen and oxygen atoms in total. The predicted octanol–water partition coefficient (Wildman–Crippen LogP) is 1.06. The van der Waals surface area contributed by atoms with Crippen LogP contribution in [0.5, 0.6) is 0 Å². The fourth-order valence-corrected chi connectivity index (χ4v) is 2.65. The minimum atomic E-state index is 0.110. The highest BCUT2D eigenvalue weighted by molar-refractivity contribution is 5.76. The summed E-state index contributed by atoms with van der Waals surface area (Å²) in [7, 11) is 0. The van der Waals surface area contributed by atoms with E-state index >= 15 is 0 Å². The maximum Gasteiger partial charge on any atom is 0.228 e. The Morgan fingerprint density at radius 3 is 3.10 bits per heavy atom. The molecule has 1 aliphatic heterocycles. The zero-order chi connectivity index (χ0) is 14.4. The average Bonchev–Trinajstić information content (AvgIpc) is 2.85. The maximum atomic E-state index is 11.9. The molecule has 0 spiro atoms. The van der Waals surface area contributed by atoms with Crippen LogP contribution in [0.2, 0.25) is 0 Å². The van der Waals surface area contributed by atoms with Gasteiger partial charge in [0.1, 0.15) is 0 Å². The van der Waals surface area contributed by atoms with Crippen LogP contribution in [0.3, 0.4) is 0 Å². The number of nitrogens with zero attached hydrogens (tertiary/aromatic N) is 2. The van der Waals surface area contributed by atoms with Gasteiger partial charge in [0.25, 0.3) is 0 Å². The Kier molecular flexibility index (Phi) is 5.52. The second-order valence-corrected chi connectivity index (χ2v) is 5.62. The standard InChI is InChI=1S/C14H24N4O2/c1-10(12-4-3-6-15-9-12)8-13(19)16-7-5-14-17-11(2)18-20-14/h10,12,15H,3-9H2,1-2H3,(H,16,19). The molecule has 2 atom stereocenters. The summed E-state index contributed by atoms with van der Waals surface area (Å²) in [6.07, 6.45) is 3.62. The van der Waals surface area contributed by atoms with E-state index in [9.17, 15) is 4.79 Å². The Hall–Kier alpha value is -1.43. The van der Waals surface area contributed by atoms with Crippen molar-refractivity contribution in [2.24, 2.45) is 11.8 Å². The molecular formula is C14H24N4O2. The van der Waals surface area contributed by atoms with Crippen molar-refractivity contribution in [1.29, 1.82) is 0 Å². The molecule has 1 amide bonds. The van der Waals surface area contributed by atoms with E-state index in [1.807, 2.05) is 0 Å². The third-order valence-electron chi connectivity index (χ3n) is 3.88. The quantitative estimate of drug-likeness (QED) is 0.814. The summed E-state index contributed by atoms with van der Waals surface area (Å²) >= 11 is 0. The third kappa shape index (κ3) is 4.59. The Bertz CT molecular complexity index is 427. The van der Waals surface area contributed by atoms with Crippen LogP contribution in [0.15, 0.2) is 4.52 Å². The molecule has 1 aromatic heterocycles. The molecule has 0 aliphatic carbocycles. The lowest BCUT2D eigenvalue weighted by atomic mass is 9.85. The Morgan fingerprint density at radius 2 is 2.45 bits per heavy atom. The van der Waals surface area contributed by atoms with Gasteiger partial charge in [0.15, 0.2) is 5.82 Å². The molecule has 20 heavy (non-hydrogen) atoms. The third-order valence-corrected chi connectivity index (χ3v) is 3.88. The van der Waals surface area contributed by atoms with Crippen molar-refractivity contribution in [3.8, 4) is 0 Å². The summed E-state index contributed by atoms with van der Waals surface area (Å²) in [4.78, 5) is 16.0. The van der Waals surface area contributed by atoms with Gasteiger partial charge in [-0.1, -0.05) is 12.1 Å². The van der Waals surface area contributed by atoms with Crippen molar-refractivity contribution in [2.75, 3.05) is 19.6 Å². The van der Waals surface area contributed by atoms with Gasteiger partial charge in [0.2, 0.25) is 11.8 Å². The molecule has 0 bridgehead atoms.